The SMILES string of the molecule is CN(C)Cc1nc(C(=O)N2CCCC[C@H]2CNc2ncc(Cl)cn2)c(-c2ccc(F)cc2)s1. The fraction of sp³-hybridized carbons (Fsp3) is 0.391. The van der Waals surface area contributed by atoms with E-state index < -0.39 is 0 Å². The Kier molecular flexibility index (Phi) is 7.52. The molecular weight excluding hydrogens is 463 g/mol. The standard InChI is InChI=1S/C23H26ClFN6OS/c1-30(2)14-19-29-20(21(33-19)15-6-8-17(25)9-7-15)22(32)31-10-4-3-5-18(31)13-28-23-26-11-16(24)12-27-23/h6-9,11-12,18H,3-5,10,13-14H2,1-2H3,(H,26,27,28)/t18-/m0/s1. The third kappa shape index (κ3) is 5.85. The van der Waals surface area contributed by atoms with E-state index in [1.165, 1.54) is 35.9 Å². The lowest BCUT2D eigenvalue weighted by atomic mass is 10.0. The first-order valence-electron chi connectivity index (χ1n) is 10.8. The molecule has 174 valence electrons. The Morgan fingerprint density at radius 3 is 2.67 bits per heavy atom. The Hall–Kier alpha value is -2.62. The average Bonchev–Trinajstić information content (AvgIpc) is 3.22. The lowest BCUT2D eigenvalue weighted by Crippen LogP contribution is -2.47. The van der Waals surface area contributed by atoms with Gasteiger partial charge in [0.25, 0.3) is 5.91 Å². The molecule has 1 aromatic carbocycles. The number of likely N-dealkylation sites (tertiary alicyclic amines) is 1. The second-order valence-corrected chi connectivity index (χ2v) is 9.80. The number of benzene rings is 1. The molecule has 1 saturated heterocycles. The first-order chi connectivity index (χ1) is 15.9. The molecule has 1 aliphatic heterocycles. The van der Waals surface area contributed by atoms with E-state index in [2.05, 4.69) is 15.3 Å². The number of hydrogen-bond donors (Lipinski definition) is 1. The van der Waals surface area contributed by atoms with Crippen molar-refractivity contribution in [2.75, 3.05) is 32.5 Å². The second kappa shape index (κ2) is 10.5. The van der Waals surface area contributed by atoms with Crippen molar-refractivity contribution in [3.8, 4) is 10.4 Å². The summed E-state index contributed by atoms with van der Waals surface area (Å²) in [6.07, 6.45) is 5.95. The van der Waals surface area contributed by atoms with Crippen LogP contribution in [0.5, 0.6) is 0 Å². The number of hydrogen-bond acceptors (Lipinski definition) is 7. The molecule has 1 fully saturated rings. The van der Waals surface area contributed by atoms with Gasteiger partial charge in [0.15, 0.2) is 0 Å². The van der Waals surface area contributed by atoms with Gasteiger partial charge in [0.1, 0.15) is 16.5 Å². The van der Waals surface area contributed by atoms with Crippen LogP contribution >= 0.6 is 22.9 Å². The van der Waals surface area contributed by atoms with E-state index in [1.54, 1.807) is 12.1 Å². The summed E-state index contributed by atoms with van der Waals surface area (Å²) in [5.41, 5.74) is 1.22. The van der Waals surface area contributed by atoms with Crippen LogP contribution in [0.4, 0.5) is 10.3 Å². The highest BCUT2D eigenvalue weighted by atomic mass is 35.5. The van der Waals surface area contributed by atoms with E-state index in [9.17, 15) is 9.18 Å². The topological polar surface area (TPSA) is 74.2 Å². The van der Waals surface area contributed by atoms with E-state index in [0.29, 0.717) is 36.3 Å². The monoisotopic (exact) mass is 488 g/mol. The summed E-state index contributed by atoms with van der Waals surface area (Å²) < 4.78 is 13.5. The van der Waals surface area contributed by atoms with Crippen molar-refractivity contribution in [3.05, 3.63) is 58.2 Å². The molecule has 3 aromatic rings. The molecule has 0 radical (unpaired) electrons. The highest BCUT2D eigenvalue weighted by Gasteiger charge is 2.31. The normalized spacial score (nSPS) is 16.3. The summed E-state index contributed by atoms with van der Waals surface area (Å²) in [5, 5.41) is 4.54. The fourth-order valence-corrected chi connectivity index (χ4v) is 5.15. The number of amides is 1. The maximum atomic E-state index is 13.7. The lowest BCUT2D eigenvalue weighted by Gasteiger charge is -2.35. The maximum absolute atomic E-state index is 13.7. The van der Waals surface area contributed by atoms with E-state index in [0.717, 1.165) is 34.7 Å². The molecule has 0 spiro atoms. The largest absolute Gasteiger partial charge is 0.352 e. The molecular formula is C23H26ClFN6OS. The van der Waals surface area contributed by atoms with E-state index in [1.807, 2.05) is 23.9 Å². The predicted molar refractivity (Wildman–Crippen MR) is 129 cm³/mol. The van der Waals surface area contributed by atoms with Crippen molar-refractivity contribution >= 4 is 34.8 Å². The summed E-state index contributed by atoms with van der Waals surface area (Å²) in [6, 6.07) is 6.22. The molecule has 1 aliphatic rings. The molecule has 3 heterocycles. The molecule has 1 amide bonds. The first kappa shape index (κ1) is 23.5. The number of piperidine rings is 1. The Morgan fingerprint density at radius 2 is 1.97 bits per heavy atom. The van der Waals surface area contributed by atoms with Gasteiger partial charge in [0.2, 0.25) is 5.95 Å². The molecule has 0 aliphatic carbocycles. The number of thiazole rings is 1. The van der Waals surface area contributed by atoms with E-state index >= 15 is 0 Å². The molecule has 1 atom stereocenters. The Morgan fingerprint density at radius 1 is 1.24 bits per heavy atom. The highest BCUT2D eigenvalue weighted by molar-refractivity contribution is 7.15. The zero-order valence-electron chi connectivity index (χ0n) is 18.6. The number of halogens is 2. The number of nitrogens with one attached hydrogen (secondary N) is 1. The molecule has 4 rings (SSSR count). The van der Waals surface area contributed by atoms with Crippen LogP contribution in [-0.2, 0) is 6.54 Å². The third-order valence-corrected chi connectivity index (χ3v) is 6.72. The summed E-state index contributed by atoms with van der Waals surface area (Å²) in [6.45, 7) is 1.83. The second-order valence-electron chi connectivity index (χ2n) is 8.28. The van der Waals surface area contributed by atoms with E-state index in [4.69, 9.17) is 16.6 Å². The van der Waals surface area contributed by atoms with Crippen LogP contribution in [0.3, 0.4) is 0 Å². The molecule has 10 heteroatoms. The molecule has 1 N–H and O–H groups in total. The van der Waals surface area contributed by atoms with Crippen molar-refractivity contribution < 1.29 is 9.18 Å². The van der Waals surface area contributed by atoms with Gasteiger partial charge in [-0.25, -0.2) is 19.3 Å². The van der Waals surface area contributed by atoms with Gasteiger partial charge >= 0.3 is 0 Å². The fourth-order valence-electron chi connectivity index (χ4n) is 3.87. The van der Waals surface area contributed by atoms with Crippen LogP contribution in [0.15, 0.2) is 36.7 Å². The average molecular weight is 489 g/mol. The summed E-state index contributed by atoms with van der Waals surface area (Å²) in [7, 11) is 3.93. The molecule has 2 aromatic heterocycles. The first-order valence-corrected chi connectivity index (χ1v) is 12.0. The van der Waals surface area contributed by atoms with Gasteiger partial charge in [0.05, 0.1) is 22.3 Å². The number of aromatic nitrogens is 3. The van der Waals surface area contributed by atoms with Gasteiger partial charge in [-0.15, -0.1) is 11.3 Å². The van der Waals surface area contributed by atoms with Crippen molar-refractivity contribution in [1.82, 2.24) is 24.8 Å². The maximum Gasteiger partial charge on any atom is 0.274 e. The minimum atomic E-state index is -0.309. The number of rotatable bonds is 7. The third-order valence-electron chi connectivity index (χ3n) is 5.44. The molecule has 0 bridgehead atoms. The van der Waals surface area contributed by atoms with Crippen LogP contribution < -0.4 is 5.32 Å². The van der Waals surface area contributed by atoms with Gasteiger partial charge in [-0.05, 0) is 51.1 Å². The molecule has 0 unspecified atom stereocenters. The van der Waals surface area contributed by atoms with Crippen LogP contribution in [0.2, 0.25) is 5.02 Å². The summed E-state index contributed by atoms with van der Waals surface area (Å²) in [4.78, 5) is 31.5. The van der Waals surface area contributed by atoms with Gasteiger partial charge < -0.3 is 15.1 Å². The van der Waals surface area contributed by atoms with Crippen LogP contribution in [0, 0.1) is 5.82 Å². The number of anilines is 1. The number of carbonyl (C=O) groups is 1. The quantitative estimate of drug-likeness (QED) is 0.525. The Labute approximate surface area is 201 Å². The van der Waals surface area contributed by atoms with Crippen molar-refractivity contribution in [2.45, 2.75) is 31.8 Å². The molecule has 0 saturated carbocycles. The van der Waals surface area contributed by atoms with Crippen molar-refractivity contribution in [1.29, 1.82) is 0 Å². The number of carbonyl (C=O) groups excluding carboxylic acids is 1. The molecule has 33 heavy (non-hydrogen) atoms. The van der Waals surface area contributed by atoms with Gasteiger partial charge in [-0.2, -0.15) is 0 Å². The number of nitrogens with zero attached hydrogens (tertiary/aromatic N) is 5. The van der Waals surface area contributed by atoms with Crippen molar-refractivity contribution in [2.24, 2.45) is 0 Å². The lowest BCUT2D eigenvalue weighted by molar-refractivity contribution is 0.0623. The van der Waals surface area contributed by atoms with E-state index in [-0.39, 0.29) is 17.8 Å². The predicted octanol–water partition coefficient (Wildman–Crippen LogP) is 4.56. The smallest absolute Gasteiger partial charge is 0.274 e. The summed E-state index contributed by atoms with van der Waals surface area (Å²) >= 11 is 7.35. The van der Waals surface area contributed by atoms with Gasteiger partial charge in [0, 0.05) is 25.7 Å². The molecule has 7 nitrogen and oxygen atoms in total. The minimum Gasteiger partial charge on any atom is -0.352 e. The zero-order chi connectivity index (χ0) is 23.4. The van der Waals surface area contributed by atoms with Gasteiger partial charge in [-0.1, -0.05) is 23.7 Å². The minimum absolute atomic E-state index is 0.00871. The van der Waals surface area contributed by atoms with Crippen molar-refractivity contribution in [3.63, 3.8) is 0 Å². The van der Waals surface area contributed by atoms with Gasteiger partial charge in [-0.3, -0.25) is 4.79 Å². The Balaban J connectivity index is 1.59. The van der Waals surface area contributed by atoms with Crippen LogP contribution in [-0.4, -0.2) is 63.9 Å². The zero-order valence-corrected chi connectivity index (χ0v) is 20.2. The summed E-state index contributed by atoms with van der Waals surface area (Å²) in [5.74, 6) is 0.0710. The van der Waals surface area contributed by atoms with Crippen LogP contribution in [0.1, 0.15) is 34.8 Å². The Bertz CT molecular complexity index is 1090. The highest BCUT2D eigenvalue weighted by Crippen LogP contribution is 2.33. The van der Waals surface area contributed by atoms with Crippen LogP contribution in [0.25, 0.3) is 10.4 Å².